The van der Waals surface area contributed by atoms with E-state index in [1.54, 1.807) is 0 Å². The summed E-state index contributed by atoms with van der Waals surface area (Å²) < 4.78 is 1.15. The van der Waals surface area contributed by atoms with E-state index in [4.69, 9.17) is 4.98 Å². The van der Waals surface area contributed by atoms with E-state index < -0.39 is 0 Å². The average molecular weight is 334 g/mol. The largest absolute Gasteiger partial charge is 0.373 e. The average Bonchev–Trinajstić information content (AvgIpc) is 2.44. The van der Waals surface area contributed by atoms with Crippen LogP contribution in [0.2, 0.25) is 0 Å². The summed E-state index contributed by atoms with van der Waals surface area (Å²) in [7, 11) is 1.90. The van der Waals surface area contributed by atoms with E-state index in [1.165, 1.54) is 11.1 Å². The summed E-state index contributed by atoms with van der Waals surface area (Å²) in [4.78, 5) is 9.36. The number of anilines is 1. The summed E-state index contributed by atoms with van der Waals surface area (Å²) in [6, 6.07) is 4.25. The van der Waals surface area contributed by atoms with Gasteiger partial charge in [-0.25, -0.2) is 9.97 Å². The van der Waals surface area contributed by atoms with Crippen molar-refractivity contribution in [3.8, 4) is 11.4 Å². The van der Waals surface area contributed by atoms with Crippen molar-refractivity contribution in [3.63, 3.8) is 0 Å². The quantitative estimate of drug-likeness (QED) is 0.902. The molecule has 0 unspecified atom stereocenters. The Bertz CT molecular complexity index is 602. The van der Waals surface area contributed by atoms with Gasteiger partial charge in [-0.15, -0.1) is 0 Å². The maximum Gasteiger partial charge on any atom is 0.161 e. The molecule has 0 saturated carbocycles. The highest BCUT2D eigenvalue weighted by atomic mass is 79.9. The first kappa shape index (κ1) is 15.0. The van der Waals surface area contributed by atoms with Crippen LogP contribution in [-0.2, 0) is 6.42 Å². The molecule has 2 rings (SSSR count). The van der Waals surface area contributed by atoms with E-state index in [9.17, 15) is 0 Å². The van der Waals surface area contributed by atoms with Gasteiger partial charge in [-0.05, 0) is 50.5 Å². The Hall–Kier alpha value is -1.42. The van der Waals surface area contributed by atoms with E-state index >= 15 is 0 Å². The van der Waals surface area contributed by atoms with Gasteiger partial charge in [0, 0.05) is 28.3 Å². The molecule has 3 nitrogen and oxygen atoms in total. The van der Waals surface area contributed by atoms with Gasteiger partial charge in [0.05, 0.1) is 0 Å². The van der Waals surface area contributed by atoms with Crippen molar-refractivity contribution >= 4 is 21.7 Å². The summed E-state index contributed by atoms with van der Waals surface area (Å²) in [5.41, 5.74) is 5.69. The molecule has 1 aromatic carbocycles. The third-order valence-corrected chi connectivity index (χ3v) is 4.76. The lowest BCUT2D eigenvalue weighted by Crippen LogP contribution is -2.05. The molecular formula is C16H20BrN3. The van der Waals surface area contributed by atoms with Gasteiger partial charge >= 0.3 is 0 Å². The zero-order valence-corrected chi connectivity index (χ0v) is 14.2. The fraction of sp³-hybridized carbons (Fsp3) is 0.375. The normalized spacial score (nSPS) is 10.7. The van der Waals surface area contributed by atoms with Gasteiger partial charge in [0.15, 0.2) is 5.82 Å². The number of aryl methyl sites for hydroxylation is 3. The summed E-state index contributed by atoms with van der Waals surface area (Å²) >= 11 is 3.60. The molecule has 0 atom stereocenters. The molecule has 0 spiro atoms. The number of rotatable bonds is 3. The first-order chi connectivity index (χ1) is 9.47. The van der Waals surface area contributed by atoms with Crippen LogP contribution in [0.5, 0.6) is 0 Å². The number of hydrogen-bond acceptors (Lipinski definition) is 3. The highest BCUT2D eigenvalue weighted by molar-refractivity contribution is 9.10. The van der Waals surface area contributed by atoms with Crippen molar-refractivity contribution in [2.24, 2.45) is 0 Å². The Morgan fingerprint density at radius 2 is 1.70 bits per heavy atom. The molecule has 0 bridgehead atoms. The van der Waals surface area contributed by atoms with Crippen LogP contribution in [0.15, 0.2) is 16.6 Å². The van der Waals surface area contributed by atoms with Crippen molar-refractivity contribution in [2.75, 3.05) is 12.4 Å². The molecule has 1 N–H and O–H groups in total. The third-order valence-electron chi connectivity index (χ3n) is 3.51. The van der Waals surface area contributed by atoms with E-state index in [2.05, 4.69) is 66.1 Å². The lowest BCUT2D eigenvalue weighted by Gasteiger charge is -2.12. The van der Waals surface area contributed by atoms with Crippen LogP contribution in [0.4, 0.5) is 5.82 Å². The molecule has 20 heavy (non-hydrogen) atoms. The van der Waals surface area contributed by atoms with Gasteiger partial charge in [0.1, 0.15) is 5.82 Å². The van der Waals surface area contributed by atoms with Crippen molar-refractivity contribution in [1.82, 2.24) is 9.97 Å². The summed E-state index contributed by atoms with van der Waals surface area (Å²) in [5, 5.41) is 3.16. The first-order valence-electron chi connectivity index (χ1n) is 6.80. The third kappa shape index (κ3) is 2.70. The van der Waals surface area contributed by atoms with Gasteiger partial charge in [-0.3, -0.25) is 0 Å². The second kappa shape index (κ2) is 5.92. The molecule has 0 aliphatic carbocycles. The SMILES string of the molecule is CCc1nc(-c2cc(C)c(Br)c(C)c2)nc(NC)c1C. The Kier molecular flexibility index (Phi) is 4.43. The fourth-order valence-electron chi connectivity index (χ4n) is 2.35. The van der Waals surface area contributed by atoms with E-state index in [-0.39, 0.29) is 0 Å². The number of benzene rings is 1. The maximum atomic E-state index is 4.72. The minimum atomic E-state index is 0.788. The molecular weight excluding hydrogens is 314 g/mol. The highest BCUT2D eigenvalue weighted by Crippen LogP contribution is 2.28. The van der Waals surface area contributed by atoms with Crippen LogP contribution in [-0.4, -0.2) is 17.0 Å². The number of hydrogen-bond donors (Lipinski definition) is 1. The summed E-state index contributed by atoms with van der Waals surface area (Å²) in [6.45, 7) is 8.37. The standard InChI is InChI=1S/C16H20BrN3/c1-6-13-11(4)15(18-5)20-16(19-13)12-7-9(2)14(17)10(3)8-12/h7-8H,6H2,1-5H3,(H,18,19,20). The van der Waals surface area contributed by atoms with Crippen molar-refractivity contribution in [3.05, 3.63) is 39.0 Å². The maximum absolute atomic E-state index is 4.72. The molecule has 1 heterocycles. The molecule has 1 aromatic heterocycles. The monoisotopic (exact) mass is 333 g/mol. The zero-order chi connectivity index (χ0) is 14.9. The second-order valence-corrected chi connectivity index (χ2v) is 5.79. The van der Waals surface area contributed by atoms with E-state index in [0.717, 1.165) is 39.4 Å². The Morgan fingerprint density at radius 1 is 1.10 bits per heavy atom. The van der Waals surface area contributed by atoms with Gasteiger partial charge < -0.3 is 5.32 Å². The van der Waals surface area contributed by atoms with E-state index in [1.807, 2.05) is 7.05 Å². The van der Waals surface area contributed by atoms with Crippen LogP contribution >= 0.6 is 15.9 Å². The number of halogens is 1. The van der Waals surface area contributed by atoms with Crippen LogP contribution in [0.1, 0.15) is 29.3 Å². The molecule has 0 saturated heterocycles. The fourth-order valence-corrected chi connectivity index (χ4v) is 2.58. The zero-order valence-electron chi connectivity index (χ0n) is 12.6. The number of nitrogens with zero attached hydrogens (tertiary/aromatic N) is 2. The Morgan fingerprint density at radius 3 is 2.20 bits per heavy atom. The Labute approximate surface area is 129 Å². The van der Waals surface area contributed by atoms with Crippen molar-refractivity contribution in [1.29, 1.82) is 0 Å². The lowest BCUT2D eigenvalue weighted by molar-refractivity contribution is 0.977. The number of nitrogens with one attached hydrogen (secondary N) is 1. The predicted molar refractivity (Wildman–Crippen MR) is 88.3 cm³/mol. The molecule has 4 heteroatoms. The van der Waals surface area contributed by atoms with Gasteiger partial charge in [-0.1, -0.05) is 22.9 Å². The van der Waals surface area contributed by atoms with Crippen LogP contribution in [0, 0.1) is 20.8 Å². The number of aromatic nitrogens is 2. The molecule has 106 valence electrons. The molecule has 0 amide bonds. The molecule has 0 aliphatic rings. The summed E-state index contributed by atoms with van der Waals surface area (Å²) in [5.74, 6) is 1.69. The van der Waals surface area contributed by atoms with Crippen molar-refractivity contribution in [2.45, 2.75) is 34.1 Å². The van der Waals surface area contributed by atoms with Gasteiger partial charge in [0.25, 0.3) is 0 Å². The van der Waals surface area contributed by atoms with Crippen LogP contribution < -0.4 is 5.32 Å². The van der Waals surface area contributed by atoms with Gasteiger partial charge in [-0.2, -0.15) is 0 Å². The predicted octanol–water partition coefficient (Wildman–Crippen LogP) is 4.44. The molecule has 0 fully saturated rings. The molecule has 0 radical (unpaired) electrons. The van der Waals surface area contributed by atoms with Crippen LogP contribution in [0.3, 0.4) is 0 Å². The Balaban J connectivity index is 2.63. The minimum absolute atomic E-state index is 0.788. The van der Waals surface area contributed by atoms with Crippen molar-refractivity contribution < 1.29 is 0 Å². The summed E-state index contributed by atoms with van der Waals surface area (Å²) in [6.07, 6.45) is 0.907. The smallest absolute Gasteiger partial charge is 0.161 e. The van der Waals surface area contributed by atoms with Crippen LogP contribution in [0.25, 0.3) is 11.4 Å². The molecule has 2 aromatic rings. The lowest BCUT2D eigenvalue weighted by atomic mass is 10.1. The topological polar surface area (TPSA) is 37.8 Å². The van der Waals surface area contributed by atoms with E-state index in [0.29, 0.717) is 0 Å². The minimum Gasteiger partial charge on any atom is -0.373 e. The second-order valence-electron chi connectivity index (χ2n) is 5.00. The highest BCUT2D eigenvalue weighted by Gasteiger charge is 2.12. The first-order valence-corrected chi connectivity index (χ1v) is 7.59. The van der Waals surface area contributed by atoms with Gasteiger partial charge in [0.2, 0.25) is 0 Å². The molecule has 0 aliphatic heterocycles.